The highest BCUT2D eigenvalue weighted by molar-refractivity contribution is 5.96. The topological polar surface area (TPSA) is 98.5 Å². The minimum atomic E-state index is -1.03. The Morgan fingerprint density at radius 1 is 1.00 bits per heavy atom. The highest BCUT2D eigenvalue weighted by atomic mass is 16.5. The molecule has 2 amide bonds. The molecular formula is C18H18N2O4. The molecule has 0 unspecified atom stereocenters. The molecule has 0 radical (unpaired) electrons. The Balaban J connectivity index is 1.91. The summed E-state index contributed by atoms with van der Waals surface area (Å²) in [5.41, 5.74) is 7.45. The molecule has 6 nitrogen and oxygen atoms in total. The summed E-state index contributed by atoms with van der Waals surface area (Å²) in [6.07, 6.45) is -1.03. The molecule has 6 heteroatoms. The van der Waals surface area contributed by atoms with Crippen molar-refractivity contribution < 1.29 is 19.1 Å². The third kappa shape index (κ3) is 4.67. The quantitative estimate of drug-likeness (QED) is 0.786. The molecule has 0 bridgehead atoms. The zero-order valence-electron chi connectivity index (χ0n) is 13.2. The average Bonchev–Trinajstić information content (AvgIpc) is 2.60. The van der Waals surface area contributed by atoms with Crippen molar-refractivity contribution in [2.75, 3.05) is 6.54 Å². The van der Waals surface area contributed by atoms with Gasteiger partial charge in [-0.25, -0.2) is 0 Å². The number of carbonyl (C=O) groups excluding carboxylic acids is 3. The van der Waals surface area contributed by atoms with Gasteiger partial charge in [-0.15, -0.1) is 0 Å². The van der Waals surface area contributed by atoms with Gasteiger partial charge >= 0.3 is 5.97 Å². The maximum absolute atomic E-state index is 12.0. The lowest BCUT2D eigenvalue weighted by atomic mass is 10.0. The molecule has 2 aromatic rings. The van der Waals surface area contributed by atoms with E-state index in [2.05, 4.69) is 5.32 Å². The lowest BCUT2D eigenvalue weighted by molar-refractivity contribution is -0.152. The summed E-state index contributed by atoms with van der Waals surface area (Å²) in [4.78, 5) is 34.3. The maximum Gasteiger partial charge on any atom is 0.326 e. The van der Waals surface area contributed by atoms with Crippen LogP contribution in [-0.4, -0.2) is 30.4 Å². The van der Waals surface area contributed by atoms with Gasteiger partial charge in [0.15, 0.2) is 6.10 Å². The summed E-state index contributed by atoms with van der Waals surface area (Å²) >= 11 is 0. The second-order valence-electron chi connectivity index (χ2n) is 5.16. The van der Waals surface area contributed by atoms with Crippen molar-refractivity contribution in [3.8, 4) is 11.1 Å². The van der Waals surface area contributed by atoms with Gasteiger partial charge in [0.2, 0.25) is 0 Å². The molecule has 0 aliphatic carbocycles. The molecule has 0 fully saturated rings. The van der Waals surface area contributed by atoms with Crippen molar-refractivity contribution in [2.45, 2.75) is 13.0 Å². The second kappa shape index (κ2) is 7.92. The van der Waals surface area contributed by atoms with Gasteiger partial charge in [0.05, 0.1) is 0 Å². The van der Waals surface area contributed by atoms with Crippen LogP contribution in [0, 0.1) is 0 Å². The summed E-state index contributed by atoms with van der Waals surface area (Å²) in [6, 6.07) is 16.8. The number of amides is 2. The highest BCUT2D eigenvalue weighted by Crippen LogP contribution is 2.19. The fourth-order valence-electron chi connectivity index (χ4n) is 2.00. The zero-order valence-corrected chi connectivity index (χ0v) is 13.2. The third-order valence-electron chi connectivity index (χ3n) is 3.36. The predicted octanol–water partition coefficient (Wildman–Crippen LogP) is 1.50. The molecule has 0 aliphatic heterocycles. The number of nitrogens with two attached hydrogens (primary N) is 1. The van der Waals surface area contributed by atoms with E-state index in [1.807, 2.05) is 42.5 Å². The van der Waals surface area contributed by atoms with Crippen LogP contribution < -0.4 is 11.1 Å². The lowest BCUT2D eigenvalue weighted by Gasteiger charge is -2.10. The fourth-order valence-corrected chi connectivity index (χ4v) is 2.00. The summed E-state index contributed by atoms with van der Waals surface area (Å²) in [6.45, 7) is 1.03. The van der Waals surface area contributed by atoms with Gasteiger partial charge in [0.1, 0.15) is 6.54 Å². The number of ether oxygens (including phenoxy) is 1. The standard InChI is InChI=1S/C18H18N2O4/c1-12(17(19)22)24-16(21)11-20-18(23)15-9-7-14(8-10-15)13-5-3-2-4-6-13/h2-10,12H,11H2,1H3,(H2,19,22)(H,20,23)/t12-/m1/s1. The number of primary amides is 1. The van der Waals surface area contributed by atoms with Crippen LogP contribution >= 0.6 is 0 Å². The van der Waals surface area contributed by atoms with Gasteiger partial charge in [-0.2, -0.15) is 0 Å². The Morgan fingerprint density at radius 2 is 1.58 bits per heavy atom. The first kappa shape index (κ1) is 17.2. The van der Waals surface area contributed by atoms with Gasteiger partial charge in [0, 0.05) is 5.56 Å². The molecule has 0 aliphatic rings. The normalized spacial score (nSPS) is 11.4. The van der Waals surface area contributed by atoms with Crippen LogP contribution in [0.1, 0.15) is 17.3 Å². The van der Waals surface area contributed by atoms with Gasteiger partial charge < -0.3 is 15.8 Å². The van der Waals surface area contributed by atoms with Crippen LogP contribution in [0.4, 0.5) is 0 Å². The highest BCUT2D eigenvalue weighted by Gasteiger charge is 2.15. The van der Waals surface area contributed by atoms with Crippen molar-refractivity contribution in [3.63, 3.8) is 0 Å². The smallest absolute Gasteiger partial charge is 0.326 e. The number of benzene rings is 2. The molecule has 0 heterocycles. The van der Waals surface area contributed by atoms with Crippen LogP contribution in [0.5, 0.6) is 0 Å². The van der Waals surface area contributed by atoms with Crippen LogP contribution in [-0.2, 0) is 14.3 Å². The number of rotatable bonds is 6. The van der Waals surface area contributed by atoms with E-state index in [0.29, 0.717) is 5.56 Å². The van der Waals surface area contributed by atoms with E-state index in [4.69, 9.17) is 10.5 Å². The Labute approximate surface area is 139 Å². The van der Waals surface area contributed by atoms with E-state index in [0.717, 1.165) is 11.1 Å². The summed E-state index contributed by atoms with van der Waals surface area (Å²) in [5, 5.41) is 2.44. The van der Waals surface area contributed by atoms with Crippen LogP contribution in [0.15, 0.2) is 54.6 Å². The number of hydrogen-bond acceptors (Lipinski definition) is 4. The van der Waals surface area contributed by atoms with Gasteiger partial charge in [-0.1, -0.05) is 42.5 Å². The lowest BCUT2D eigenvalue weighted by Crippen LogP contribution is -2.36. The molecule has 0 saturated heterocycles. The Hall–Kier alpha value is -3.15. The third-order valence-corrected chi connectivity index (χ3v) is 3.36. The van der Waals surface area contributed by atoms with Crippen LogP contribution in [0.25, 0.3) is 11.1 Å². The van der Waals surface area contributed by atoms with Crippen LogP contribution in [0.2, 0.25) is 0 Å². The van der Waals surface area contributed by atoms with E-state index in [-0.39, 0.29) is 6.54 Å². The van der Waals surface area contributed by atoms with Crippen LogP contribution in [0.3, 0.4) is 0 Å². The Kier molecular flexibility index (Phi) is 5.68. The van der Waals surface area contributed by atoms with Crippen molar-refractivity contribution in [1.82, 2.24) is 5.32 Å². The van der Waals surface area contributed by atoms with E-state index in [1.54, 1.807) is 12.1 Å². The van der Waals surface area contributed by atoms with Crippen molar-refractivity contribution in [2.24, 2.45) is 5.73 Å². The molecule has 2 rings (SSSR count). The summed E-state index contributed by atoms with van der Waals surface area (Å²) in [7, 11) is 0. The molecule has 124 valence electrons. The minimum Gasteiger partial charge on any atom is -0.451 e. The fraction of sp³-hybridized carbons (Fsp3) is 0.167. The molecule has 0 aromatic heterocycles. The summed E-state index contributed by atoms with van der Waals surface area (Å²) in [5.74, 6) is -1.87. The first-order valence-electron chi connectivity index (χ1n) is 7.40. The molecule has 0 saturated carbocycles. The van der Waals surface area contributed by atoms with Gasteiger partial charge in [-0.3, -0.25) is 14.4 Å². The maximum atomic E-state index is 12.0. The number of hydrogen-bond donors (Lipinski definition) is 2. The van der Waals surface area contributed by atoms with E-state index in [9.17, 15) is 14.4 Å². The van der Waals surface area contributed by atoms with Crippen molar-refractivity contribution >= 4 is 17.8 Å². The Bertz CT molecular complexity index is 726. The Morgan fingerprint density at radius 3 is 2.17 bits per heavy atom. The van der Waals surface area contributed by atoms with E-state index < -0.39 is 23.9 Å². The molecule has 3 N–H and O–H groups in total. The SMILES string of the molecule is C[C@@H](OC(=O)CNC(=O)c1ccc(-c2ccccc2)cc1)C(N)=O. The van der Waals surface area contributed by atoms with E-state index >= 15 is 0 Å². The summed E-state index contributed by atoms with van der Waals surface area (Å²) < 4.78 is 4.75. The molecule has 0 spiro atoms. The molecular weight excluding hydrogens is 308 g/mol. The predicted molar refractivity (Wildman–Crippen MR) is 89.0 cm³/mol. The largest absolute Gasteiger partial charge is 0.451 e. The molecule has 1 atom stereocenters. The van der Waals surface area contributed by atoms with E-state index in [1.165, 1.54) is 6.92 Å². The first-order valence-corrected chi connectivity index (χ1v) is 7.40. The van der Waals surface area contributed by atoms with Crippen molar-refractivity contribution in [1.29, 1.82) is 0 Å². The average molecular weight is 326 g/mol. The number of nitrogens with one attached hydrogen (secondary N) is 1. The van der Waals surface area contributed by atoms with Crippen molar-refractivity contribution in [3.05, 3.63) is 60.2 Å². The van der Waals surface area contributed by atoms with Gasteiger partial charge in [0.25, 0.3) is 11.8 Å². The molecule has 2 aromatic carbocycles. The second-order valence-corrected chi connectivity index (χ2v) is 5.16. The first-order chi connectivity index (χ1) is 11.5. The zero-order chi connectivity index (χ0) is 17.5. The number of carbonyl (C=O) groups is 3. The number of esters is 1. The monoisotopic (exact) mass is 326 g/mol. The minimum absolute atomic E-state index is 0.336. The molecule has 24 heavy (non-hydrogen) atoms. The van der Waals surface area contributed by atoms with Gasteiger partial charge in [-0.05, 0) is 30.2 Å².